The summed E-state index contributed by atoms with van der Waals surface area (Å²) in [6.45, 7) is 1.96. The Morgan fingerprint density at radius 2 is 2.15 bits per heavy atom. The molecule has 0 aliphatic heterocycles. The minimum Gasteiger partial charge on any atom is -0.325 e. The minimum atomic E-state index is -0.0404. The van der Waals surface area contributed by atoms with Crippen LogP contribution in [0.25, 0.3) is 0 Å². The zero-order valence-corrected chi connectivity index (χ0v) is 14.9. The van der Waals surface area contributed by atoms with Crippen LogP contribution in [0.2, 0.25) is 0 Å². The highest BCUT2D eigenvalue weighted by Gasteiger charge is 2.09. The third-order valence-electron chi connectivity index (χ3n) is 2.35. The monoisotopic (exact) mass is 389 g/mol. The number of halogens is 1. The number of aromatic nitrogens is 2. The first-order valence-corrected chi connectivity index (χ1v) is 9.47. The summed E-state index contributed by atoms with van der Waals surface area (Å²) in [5, 5.41) is 10.9. The number of rotatable bonds is 5. The van der Waals surface area contributed by atoms with Gasteiger partial charge in [-0.3, -0.25) is 4.79 Å². The lowest BCUT2D eigenvalue weighted by Gasteiger charge is -2.07. The summed E-state index contributed by atoms with van der Waals surface area (Å²) in [5.74, 6) is 0.291. The fraction of sp³-hybridized carbons (Fsp3) is 0.250. The lowest BCUT2D eigenvalue weighted by Crippen LogP contribution is -2.14. The van der Waals surface area contributed by atoms with Crippen molar-refractivity contribution < 1.29 is 4.79 Å². The van der Waals surface area contributed by atoms with Crippen LogP contribution in [0, 0.1) is 6.92 Å². The van der Waals surface area contributed by atoms with Crippen LogP contribution in [0.1, 0.15) is 5.56 Å². The van der Waals surface area contributed by atoms with Gasteiger partial charge < -0.3 is 5.32 Å². The maximum absolute atomic E-state index is 11.9. The molecule has 0 radical (unpaired) electrons. The van der Waals surface area contributed by atoms with Crippen LogP contribution in [0.15, 0.2) is 31.4 Å². The Morgan fingerprint density at radius 1 is 1.40 bits per heavy atom. The van der Waals surface area contributed by atoms with E-state index in [4.69, 9.17) is 0 Å². The van der Waals surface area contributed by atoms with Gasteiger partial charge in [-0.15, -0.1) is 10.2 Å². The highest BCUT2D eigenvalue weighted by Crippen LogP contribution is 2.27. The SMILES string of the molecule is CSc1nnc(SCC(=O)Nc2ccc(Br)cc2C)s1. The van der Waals surface area contributed by atoms with E-state index in [-0.39, 0.29) is 5.91 Å². The molecule has 0 spiro atoms. The van der Waals surface area contributed by atoms with E-state index < -0.39 is 0 Å². The zero-order valence-electron chi connectivity index (χ0n) is 10.8. The van der Waals surface area contributed by atoms with Gasteiger partial charge in [0.2, 0.25) is 5.91 Å². The molecule has 0 aliphatic carbocycles. The highest BCUT2D eigenvalue weighted by atomic mass is 79.9. The molecule has 1 aromatic heterocycles. The number of hydrogen-bond acceptors (Lipinski definition) is 6. The summed E-state index contributed by atoms with van der Waals surface area (Å²) in [4.78, 5) is 11.9. The van der Waals surface area contributed by atoms with Crippen LogP contribution < -0.4 is 5.32 Å². The summed E-state index contributed by atoms with van der Waals surface area (Å²) >= 11 is 7.86. The average molecular weight is 390 g/mol. The summed E-state index contributed by atoms with van der Waals surface area (Å²) < 4.78 is 2.73. The molecule has 0 saturated carbocycles. The number of amides is 1. The smallest absolute Gasteiger partial charge is 0.234 e. The number of hydrogen-bond donors (Lipinski definition) is 1. The molecule has 20 heavy (non-hydrogen) atoms. The standard InChI is InChI=1S/C12H12BrN3OS3/c1-7-5-8(13)3-4-9(7)14-10(17)6-19-12-16-15-11(18-2)20-12/h3-5H,6H2,1-2H3,(H,14,17). The Balaban J connectivity index is 1.89. The van der Waals surface area contributed by atoms with Crippen molar-refractivity contribution in [2.45, 2.75) is 15.6 Å². The van der Waals surface area contributed by atoms with Crippen LogP contribution in [-0.4, -0.2) is 28.1 Å². The van der Waals surface area contributed by atoms with Crippen molar-refractivity contribution in [3.63, 3.8) is 0 Å². The molecule has 1 amide bonds. The first-order chi connectivity index (χ1) is 9.58. The Morgan fingerprint density at radius 3 is 2.80 bits per heavy atom. The number of nitrogens with one attached hydrogen (secondary N) is 1. The predicted molar refractivity (Wildman–Crippen MR) is 89.9 cm³/mol. The average Bonchev–Trinajstić information content (AvgIpc) is 2.88. The largest absolute Gasteiger partial charge is 0.325 e. The number of carbonyl (C=O) groups is 1. The van der Waals surface area contributed by atoms with E-state index in [1.807, 2.05) is 31.4 Å². The van der Waals surface area contributed by atoms with Gasteiger partial charge in [0, 0.05) is 10.2 Å². The van der Waals surface area contributed by atoms with E-state index in [2.05, 4.69) is 31.4 Å². The van der Waals surface area contributed by atoms with E-state index in [0.717, 1.165) is 24.4 Å². The molecule has 0 bridgehead atoms. The highest BCUT2D eigenvalue weighted by molar-refractivity contribution is 9.10. The number of benzene rings is 1. The summed E-state index contributed by atoms with van der Waals surface area (Å²) in [6, 6.07) is 5.77. The quantitative estimate of drug-likeness (QED) is 0.781. The van der Waals surface area contributed by atoms with Gasteiger partial charge in [0.1, 0.15) is 0 Å². The second-order valence-corrected chi connectivity index (χ2v) is 8.00. The number of aryl methyl sites for hydroxylation is 1. The number of anilines is 1. The van der Waals surface area contributed by atoms with Gasteiger partial charge in [0.15, 0.2) is 8.68 Å². The third kappa shape index (κ3) is 4.47. The van der Waals surface area contributed by atoms with E-state index >= 15 is 0 Å². The van der Waals surface area contributed by atoms with E-state index in [1.165, 1.54) is 23.1 Å². The molecule has 4 nitrogen and oxygen atoms in total. The van der Waals surface area contributed by atoms with E-state index in [1.54, 1.807) is 11.8 Å². The van der Waals surface area contributed by atoms with Gasteiger partial charge in [-0.1, -0.05) is 50.8 Å². The number of nitrogens with zero attached hydrogens (tertiary/aromatic N) is 2. The molecule has 0 atom stereocenters. The Labute approximate surface area is 138 Å². The van der Waals surface area contributed by atoms with E-state index in [9.17, 15) is 4.79 Å². The lowest BCUT2D eigenvalue weighted by atomic mass is 10.2. The van der Waals surface area contributed by atoms with Gasteiger partial charge in [-0.2, -0.15) is 0 Å². The molecule has 1 aromatic carbocycles. The van der Waals surface area contributed by atoms with Crippen LogP contribution >= 0.6 is 50.8 Å². The van der Waals surface area contributed by atoms with Crippen LogP contribution in [0.3, 0.4) is 0 Å². The summed E-state index contributed by atoms with van der Waals surface area (Å²) in [5.41, 5.74) is 1.86. The number of thioether (sulfide) groups is 2. The molecule has 1 N–H and O–H groups in total. The zero-order chi connectivity index (χ0) is 14.5. The van der Waals surface area contributed by atoms with Gasteiger partial charge in [0.05, 0.1) is 5.75 Å². The van der Waals surface area contributed by atoms with Crippen molar-refractivity contribution >= 4 is 62.4 Å². The lowest BCUT2D eigenvalue weighted by molar-refractivity contribution is -0.113. The third-order valence-corrected chi connectivity index (χ3v) is 5.88. The molecule has 0 aliphatic rings. The Hall–Kier alpha value is -0.570. The van der Waals surface area contributed by atoms with Crippen LogP contribution in [-0.2, 0) is 4.79 Å². The van der Waals surface area contributed by atoms with Crippen molar-refractivity contribution in [2.75, 3.05) is 17.3 Å². The van der Waals surface area contributed by atoms with Crippen molar-refractivity contribution in [1.82, 2.24) is 10.2 Å². The first-order valence-electron chi connectivity index (χ1n) is 5.65. The molecule has 2 aromatic rings. The second kappa shape index (κ2) is 7.44. The topological polar surface area (TPSA) is 54.9 Å². The molecule has 8 heteroatoms. The molecular weight excluding hydrogens is 378 g/mol. The summed E-state index contributed by atoms with van der Waals surface area (Å²) in [6.07, 6.45) is 1.96. The Bertz CT molecular complexity index is 618. The van der Waals surface area contributed by atoms with Gasteiger partial charge in [-0.05, 0) is 36.9 Å². The molecule has 0 saturated heterocycles. The van der Waals surface area contributed by atoms with Gasteiger partial charge >= 0.3 is 0 Å². The summed E-state index contributed by atoms with van der Waals surface area (Å²) in [7, 11) is 0. The van der Waals surface area contributed by atoms with Gasteiger partial charge in [-0.25, -0.2) is 0 Å². The maximum Gasteiger partial charge on any atom is 0.234 e. The van der Waals surface area contributed by atoms with E-state index in [0.29, 0.717) is 5.75 Å². The fourth-order valence-electron chi connectivity index (χ4n) is 1.42. The fourth-order valence-corrected chi connectivity index (χ4v) is 4.13. The van der Waals surface area contributed by atoms with Crippen molar-refractivity contribution in [3.8, 4) is 0 Å². The minimum absolute atomic E-state index is 0.0404. The molecule has 1 heterocycles. The molecule has 0 fully saturated rings. The van der Waals surface area contributed by atoms with Crippen LogP contribution in [0.5, 0.6) is 0 Å². The van der Waals surface area contributed by atoms with Gasteiger partial charge in [0.25, 0.3) is 0 Å². The van der Waals surface area contributed by atoms with Crippen molar-refractivity contribution in [3.05, 3.63) is 28.2 Å². The first kappa shape index (κ1) is 15.8. The van der Waals surface area contributed by atoms with Crippen molar-refractivity contribution in [2.24, 2.45) is 0 Å². The predicted octanol–water partition coefficient (Wildman–Crippen LogP) is 4.06. The normalized spacial score (nSPS) is 10.6. The van der Waals surface area contributed by atoms with Crippen LogP contribution in [0.4, 0.5) is 5.69 Å². The van der Waals surface area contributed by atoms with Crippen molar-refractivity contribution in [1.29, 1.82) is 0 Å². The molecule has 0 unspecified atom stereocenters. The molecule has 2 rings (SSSR count). The molecular formula is C12H12BrN3OS3. The molecule has 106 valence electrons. The number of carbonyl (C=O) groups excluding carboxylic acids is 1. The maximum atomic E-state index is 11.9. The Kier molecular flexibility index (Phi) is 5.88. The second-order valence-electron chi connectivity index (χ2n) is 3.83.